The van der Waals surface area contributed by atoms with Gasteiger partial charge in [0.05, 0.1) is 53.2 Å². The minimum atomic E-state index is -4.84. The highest BCUT2D eigenvalue weighted by Crippen LogP contribution is 2.37. The molecule has 1 aromatic carbocycles. The maximum atomic E-state index is 14.3. The molecule has 3 aliphatic rings. The maximum Gasteiger partial charge on any atom is 0.435 e. The molecule has 3 saturated heterocycles. The van der Waals surface area contributed by atoms with E-state index in [1.165, 1.54) is 42.2 Å². The summed E-state index contributed by atoms with van der Waals surface area (Å²) >= 11 is 6.62. The van der Waals surface area contributed by atoms with Crippen LogP contribution in [0, 0.1) is 11.8 Å². The number of likely N-dealkylation sites (tertiary alicyclic amines) is 2. The Balaban J connectivity index is 0.854. The van der Waals surface area contributed by atoms with Crippen LogP contribution in [0.4, 0.5) is 23.7 Å². The van der Waals surface area contributed by atoms with Crippen LogP contribution in [0.2, 0.25) is 5.02 Å². The second kappa shape index (κ2) is 19.0. The zero-order valence-electron chi connectivity index (χ0n) is 40.2. The molecule has 0 atom stereocenters. The molecule has 70 heavy (non-hydrogen) atoms. The van der Waals surface area contributed by atoms with Gasteiger partial charge in [0, 0.05) is 107 Å². The molecule has 7 heterocycles. The third-order valence-electron chi connectivity index (χ3n) is 12.8. The third kappa shape index (κ3) is 11.1. The lowest BCUT2D eigenvalue weighted by Crippen LogP contribution is -2.64. The summed E-state index contributed by atoms with van der Waals surface area (Å²) in [6, 6.07) is 7.73. The maximum absolute atomic E-state index is 14.3. The van der Waals surface area contributed by atoms with Gasteiger partial charge in [0.15, 0.2) is 23.9 Å². The molecular formula is C48H58ClF3N11O7+. The Morgan fingerprint density at radius 3 is 2.19 bits per heavy atom. The lowest BCUT2D eigenvalue weighted by atomic mass is 9.90. The number of imidazole rings is 1. The lowest BCUT2D eigenvalue weighted by Gasteiger charge is -2.49. The molecule has 2 N–H and O–H groups in total. The SMILES string of the molecule is Cn1c(-c2cn(-c3cc4[nH]ccc4cn3)nc2C(F)(F)F)cnc1C(=O)Nc1ccc(C(=O)N2CCN(C(=O)C3CC[N+](CC(=O)OC(C)(C)C)(CC4CN(C(=O)OC(C)(C)C)C4)CC3)CC2)c(Cl)c1. The molecule has 5 aromatic rings. The van der Waals surface area contributed by atoms with Crippen molar-refractivity contribution in [2.45, 2.75) is 71.8 Å². The molecule has 8 rings (SSSR count). The van der Waals surface area contributed by atoms with E-state index in [1.54, 1.807) is 33.0 Å². The standard InChI is InChI=1S/C48H57ClF3N11O7/c1-46(2,3)69-39(64)28-63(27-29-24-61(25-29)45(68)70-47(4,5)6)18-11-30(12-19-63)43(66)59-14-16-60(17-15-59)44(67)33-9-8-32(20-35(33)49)56-42(65)41-55-23-37(58(41)7)34-26-62(57-40(34)48(50,51)52)38-21-36-31(22-54-38)10-13-53-36/h8-10,13,20-23,26,29-30H,11-12,14-19,24-25,27-28H2,1-7H3,(H-,53,54,56,65,67)/p+1. The minimum Gasteiger partial charge on any atom is -0.456 e. The summed E-state index contributed by atoms with van der Waals surface area (Å²) in [6.45, 7) is 15.3. The number of ether oxygens (including phenoxy) is 2. The van der Waals surface area contributed by atoms with Crippen molar-refractivity contribution in [3.8, 4) is 17.1 Å². The molecule has 0 spiro atoms. The predicted molar refractivity (Wildman–Crippen MR) is 252 cm³/mol. The molecule has 0 aliphatic carbocycles. The summed E-state index contributed by atoms with van der Waals surface area (Å²) in [4.78, 5) is 83.4. The monoisotopic (exact) mass is 992 g/mol. The number of quaternary nitrogens is 1. The highest BCUT2D eigenvalue weighted by atomic mass is 35.5. The van der Waals surface area contributed by atoms with E-state index in [-0.39, 0.29) is 94.5 Å². The number of carbonyl (C=O) groups excluding carboxylic acids is 5. The zero-order chi connectivity index (χ0) is 50.5. The number of benzene rings is 1. The van der Waals surface area contributed by atoms with Crippen LogP contribution in [0.25, 0.3) is 28.0 Å². The van der Waals surface area contributed by atoms with E-state index in [4.69, 9.17) is 21.1 Å². The molecule has 0 saturated carbocycles. The Morgan fingerprint density at radius 1 is 0.871 bits per heavy atom. The number of hydrogen-bond acceptors (Lipinski definition) is 10. The van der Waals surface area contributed by atoms with Gasteiger partial charge in [0.25, 0.3) is 11.8 Å². The number of hydrogen-bond donors (Lipinski definition) is 2. The van der Waals surface area contributed by atoms with Crippen LogP contribution < -0.4 is 5.32 Å². The first-order valence-corrected chi connectivity index (χ1v) is 23.6. The van der Waals surface area contributed by atoms with Gasteiger partial charge >= 0.3 is 18.2 Å². The second-order valence-electron chi connectivity index (χ2n) is 20.5. The van der Waals surface area contributed by atoms with Crippen LogP contribution in [0.15, 0.2) is 55.1 Å². The second-order valence-corrected chi connectivity index (χ2v) is 20.9. The summed E-state index contributed by atoms with van der Waals surface area (Å²) in [5.41, 5.74) is -1.68. The fourth-order valence-electron chi connectivity index (χ4n) is 9.45. The molecule has 0 radical (unpaired) electrons. The number of aromatic amines is 1. The van der Waals surface area contributed by atoms with Crippen LogP contribution in [-0.2, 0) is 32.3 Å². The van der Waals surface area contributed by atoms with Crippen LogP contribution >= 0.6 is 11.6 Å². The number of alkyl halides is 3. The van der Waals surface area contributed by atoms with Crippen molar-refractivity contribution < 1.29 is 51.1 Å². The average Bonchev–Trinajstić information content (AvgIpc) is 4.02. The number of aromatic nitrogens is 6. The third-order valence-corrected chi connectivity index (χ3v) is 13.1. The number of esters is 1. The van der Waals surface area contributed by atoms with Gasteiger partial charge in [-0.15, -0.1) is 0 Å². The largest absolute Gasteiger partial charge is 0.456 e. The van der Waals surface area contributed by atoms with Crippen molar-refractivity contribution in [2.24, 2.45) is 18.9 Å². The van der Waals surface area contributed by atoms with Crippen molar-refractivity contribution in [1.29, 1.82) is 0 Å². The van der Waals surface area contributed by atoms with Crippen LogP contribution in [0.1, 0.15) is 81.1 Å². The Labute approximate surface area is 407 Å². The van der Waals surface area contributed by atoms with E-state index in [2.05, 4.69) is 25.4 Å². The number of pyridine rings is 1. The van der Waals surface area contributed by atoms with Gasteiger partial charge in [-0.3, -0.25) is 14.4 Å². The predicted octanol–water partition coefficient (Wildman–Crippen LogP) is 6.79. The molecular weight excluding hydrogens is 935 g/mol. The molecule has 0 unspecified atom stereocenters. The highest BCUT2D eigenvalue weighted by molar-refractivity contribution is 6.34. The molecule has 18 nitrogen and oxygen atoms in total. The normalized spacial score (nSPS) is 19.2. The molecule has 3 fully saturated rings. The van der Waals surface area contributed by atoms with Crippen LogP contribution in [0.3, 0.4) is 0 Å². The number of piperazine rings is 1. The summed E-state index contributed by atoms with van der Waals surface area (Å²) in [5, 5.41) is 7.31. The van der Waals surface area contributed by atoms with E-state index in [1.807, 2.05) is 41.5 Å². The molecule has 22 heteroatoms. The van der Waals surface area contributed by atoms with Gasteiger partial charge in [0.1, 0.15) is 11.2 Å². The number of carbonyl (C=O) groups is 5. The average molecular weight is 994 g/mol. The number of nitrogens with zero attached hydrogens (tertiary/aromatic N) is 9. The topological polar surface area (TPSA) is 190 Å². The number of piperidine rings is 1. The van der Waals surface area contributed by atoms with Crippen LogP contribution in [-0.4, -0.2) is 155 Å². The summed E-state index contributed by atoms with van der Waals surface area (Å²) in [5.74, 6) is -1.48. The van der Waals surface area contributed by atoms with Gasteiger partial charge < -0.3 is 43.5 Å². The summed E-state index contributed by atoms with van der Waals surface area (Å²) in [6.07, 6.45) is 1.52. The number of anilines is 1. The molecule has 0 bridgehead atoms. The zero-order valence-corrected chi connectivity index (χ0v) is 41.0. The van der Waals surface area contributed by atoms with Gasteiger partial charge in [-0.25, -0.2) is 24.2 Å². The number of H-pyrrole nitrogens is 1. The van der Waals surface area contributed by atoms with E-state index in [0.717, 1.165) is 16.3 Å². The first-order valence-electron chi connectivity index (χ1n) is 23.2. The molecule has 4 amide bonds. The van der Waals surface area contributed by atoms with Crippen molar-refractivity contribution in [1.82, 2.24) is 44.0 Å². The molecule has 374 valence electrons. The van der Waals surface area contributed by atoms with Gasteiger partial charge in [0.2, 0.25) is 5.91 Å². The minimum absolute atomic E-state index is 0.0126. The van der Waals surface area contributed by atoms with Crippen molar-refractivity contribution in [2.75, 3.05) is 70.8 Å². The van der Waals surface area contributed by atoms with Crippen molar-refractivity contribution >= 4 is 58.0 Å². The number of rotatable bonds is 10. The number of amides is 4. The smallest absolute Gasteiger partial charge is 0.435 e. The Hall–Kier alpha value is -6.48. The van der Waals surface area contributed by atoms with Crippen molar-refractivity contribution in [3.05, 3.63) is 77.2 Å². The fourth-order valence-corrected chi connectivity index (χ4v) is 9.72. The number of fused-ring (bicyclic) bond motifs is 1. The lowest BCUT2D eigenvalue weighted by molar-refractivity contribution is -0.930. The number of nitrogens with one attached hydrogen (secondary N) is 2. The molecule has 4 aromatic heterocycles. The number of halogens is 4. The Bertz CT molecular complexity index is 2800. The summed E-state index contributed by atoms with van der Waals surface area (Å²) < 4.78 is 56.9. The van der Waals surface area contributed by atoms with Gasteiger partial charge in [-0.1, -0.05) is 11.6 Å². The first-order chi connectivity index (χ1) is 32.8. The van der Waals surface area contributed by atoms with Gasteiger partial charge in [-0.2, -0.15) is 18.3 Å². The van der Waals surface area contributed by atoms with Gasteiger partial charge in [-0.05, 0) is 65.8 Å². The fraction of sp³-hybridized carbons (Fsp3) is 0.500. The van der Waals surface area contributed by atoms with E-state index >= 15 is 0 Å². The highest BCUT2D eigenvalue weighted by Gasteiger charge is 2.46. The Kier molecular flexibility index (Phi) is 13.6. The van der Waals surface area contributed by atoms with E-state index in [9.17, 15) is 37.1 Å². The van der Waals surface area contributed by atoms with Crippen molar-refractivity contribution in [3.63, 3.8) is 0 Å². The van der Waals surface area contributed by atoms with E-state index < -0.39 is 29.0 Å². The summed E-state index contributed by atoms with van der Waals surface area (Å²) in [7, 11) is 1.41. The quantitative estimate of drug-likeness (QED) is 0.111. The van der Waals surface area contributed by atoms with Crippen LogP contribution in [0.5, 0.6) is 0 Å². The van der Waals surface area contributed by atoms with E-state index in [0.29, 0.717) is 68.7 Å². The first kappa shape index (κ1) is 49.9. The molecule has 3 aliphatic heterocycles. The Morgan fingerprint density at radius 2 is 1.54 bits per heavy atom.